The third-order valence-corrected chi connectivity index (χ3v) is 3.29. The molecular weight excluding hydrogens is 319 g/mol. The average Bonchev–Trinajstić information content (AvgIpc) is 2.59. The highest BCUT2D eigenvalue weighted by atomic mass is 19.3. The summed E-state index contributed by atoms with van der Waals surface area (Å²) >= 11 is 0. The van der Waals surface area contributed by atoms with E-state index in [9.17, 15) is 13.2 Å². The van der Waals surface area contributed by atoms with Crippen molar-refractivity contribution in [1.82, 2.24) is 9.97 Å². The van der Waals surface area contributed by atoms with E-state index in [1.165, 1.54) is 24.3 Å². The van der Waals surface area contributed by atoms with Crippen LogP contribution in [-0.2, 0) is 0 Å². The molecule has 124 valence electrons. The molecule has 0 bridgehead atoms. The molecule has 0 aliphatic carbocycles. The van der Waals surface area contributed by atoms with Gasteiger partial charge in [0.1, 0.15) is 24.0 Å². The standard InChI is InChI=1S/C17H14F3N3O/c18-11-5-7-12(8-6-11)24-10-9-21-16-13-3-1-2-4-14(13)22-17(23-16)15(19)20/h1-8,15H,9-10H2,(H,21,22,23). The van der Waals surface area contributed by atoms with E-state index in [2.05, 4.69) is 15.3 Å². The number of rotatable bonds is 6. The molecule has 0 aliphatic heterocycles. The maximum absolute atomic E-state index is 12.9. The van der Waals surface area contributed by atoms with Gasteiger partial charge in [0.2, 0.25) is 0 Å². The van der Waals surface area contributed by atoms with Gasteiger partial charge >= 0.3 is 0 Å². The second kappa shape index (κ2) is 7.16. The summed E-state index contributed by atoms with van der Waals surface area (Å²) in [6.45, 7) is 0.620. The minimum Gasteiger partial charge on any atom is -0.492 e. The second-order valence-electron chi connectivity index (χ2n) is 4.98. The number of alkyl halides is 2. The van der Waals surface area contributed by atoms with Crippen molar-refractivity contribution < 1.29 is 17.9 Å². The van der Waals surface area contributed by atoms with E-state index in [0.29, 0.717) is 29.0 Å². The van der Waals surface area contributed by atoms with Crippen LogP contribution in [0.1, 0.15) is 12.2 Å². The Morgan fingerprint density at radius 1 is 1.00 bits per heavy atom. The highest BCUT2D eigenvalue weighted by Crippen LogP contribution is 2.24. The van der Waals surface area contributed by atoms with Crippen molar-refractivity contribution in [2.45, 2.75) is 6.43 Å². The number of ether oxygens (including phenoxy) is 1. The molecule has 0 unspecified atom stereocenters. The molecule has 1 N–H and O–H groups in total. The first-order valence-corrected chi connectivity index (χ1v) is 7.30. The third kappa shape index (κ3) is 3.73. The largest absolute Gasteiger partial charge is 0.492 e. The van der Waals surface area contributed by atoms with Crippen molar-refractivity contribution in [2.75, 3.05) is 18.5 Å². The fourth-order valence-electron chi connectivity index (χ4n) is 2.20. The fourth-order valence-corrected chi connectivity index (χ4v) is 2.20. The van der Waals surface area contributed by atoms with Crippen molar-refractivity contribution >= 4 is 16.7 Å². The Morgan fingerprint density at radius 2 is 1.75 bits per heavy atom. The highest BCUT2D eigenvalue weighted by molar-refractivity contribution is 5.88. The van der Waals surface area contributed by atoms with Crippen molar-refractivity contribution in [3.8, 4) is 5.75 Å². The first-order chi connectivity index (χ1) is 11.6. The van der Waals surface area contributed by atoms with Gasteiger partial charge in [-0.05, 0) is 36.4 Å². The van der Waals surface area contributed by atoms with E-state index in [-0.39, 0.29) is 12.4 Å². The number of benzene rings is 2. The van der Waals surface area contributed by atoms with E-state index >= 15 is 0 Å². The molecule has 3 aromatic rings. The average molecular weight is 333 g/mol. The summed E-state index contributed by atoms with van der Waals surface area (Å²) < 4.78 is 44.1. The van der Waals surface area contributed by atoms with Gasteiger partial charge in [0, 0.05) is 5.39 Å². The number of anilines is 1. The summed E-state index contributed by atoms with van der Waals surface area (Å²) in [5.74, 6) is 0.000679. The predicted molar refractivity (Wildman–Crippen MR) is 84.9 cm³/mol. The molecule has 4 nitrogen and oxygen atoms in total. The molecule has 2 aromatic carbocycles. The monoisotopic (exact) mass is 333 g/mol. The quantitative estimate of drug-likeness (QED) is 0.687. The maximum Gasteiger partial charge on any atom is 0.297 e. The summed E-state index contributed by atoms with van der Waals surface area (Å²) in [4.78, 5) is 7.73. The minimum atomic E-state index is -2.74. The van der Waals surface area contributed by atoms with Crippen LogP contribution in [0.4, 0.5) is 19.0 Å². The lowest BCUT2D eigenvalue weighted by Gasteiger charge is -2.11. The lowest BCUT2D eigenvalue weighted by Crippen LogP contribution is -2.13. The molecule has 7 heteroatoms. The van der Waals surface area contributed by atoms with Gasteiger partial charge in [-0.3, -0.25) is 0 Å². The summed E-state index contributed by atoms with van der Waals surface area (Å²) in [7, 11) is 0. The molecule has 0 aliphatic rings. The minimum absolute atomic E-state index is 0.272. The molecule has 0 spiro atoms. The SMILES string of the molecule is Fc1ccc(OCCNc2nc(C(F)F)nc3ccccc23)cc1. The molecule has 0 radical (unpaired) electrons. The van der Waals surface area contributed by atoms with Crippen molar-refractivity contribution in [2.24, 2.45) is 0 Å². The van der Waals surface area contributed by atoms with Gasteiger partial charge in [-0.25, -0.2) is 23.1 Å². The maximum atomic E-state index is 12.9. The molecule has 0 saturated carbocycles. The van der Waals surface area contributed by atoms with Crippen LogP contribution < -0.4 is 10.1 Å². The molecule has 3 rings (SSSR count). The van der Waals surface area contributed by atoms with E-state index in [1.807, 2.05) is 0 Å². The number of nitrogens with one attached hydrogen (secondary N) is 1. The Morgan fingerprint density at radius 3 is 2.50 bits per heavy atom. The van der Waals surface area contributed by atoms with Gasteiger partial charge in [-0.2, -0.15) is 0 Å². The van der Waals surface area contributed by atoms with Crippen LogP contribution in [-0.4, -0.2) is 23.1 Å². The zero-order valence-corrected chi connectivity index (χ0v) is 12.5. The molecule has 0 saturated heterocycles. The van der Waals surface area contributed by atoms with Crippen LogP contribution in [0.3, 0.4) is 0 Å². The first-order valence-electron chi connectivity index (χ1n) is 7.30. The van der Waals surface area contributed by atoms with Crippen molar-refractivity contribution in [3.05, 3.63) is 60.2 Å². The lowest BCUT2D eigenvalue weighted by atomic mass is 10.2. The first kappa shape index (κ1) is 16.0. The van der Waals surface area contributed by atoms with Gasteiger partial charge in [-0.1, -0.05) is 12.1 Å². The van der Waals surface area contributed by atoms with Crippen LogP contribution in [0.15, 0.2) is 48.5 Å². The normalized spacial score (nSPS) is 11.0. The highest BCUT2D eigenvalue weighted by Gasteiger charge is 2.14. The lowest BCUT2D eigenvalue weighted by molar-refractivity contribution is 0.141. The number of hydrogen-bond donors (Lipinski definition) is 1. The van der Waals surface area contributed by atoms with Gasteiger partial charge in [0.15, 0.2) is 5.82 Å². The summed E-state index contributed by atoms with van der Waals surface area (Å²) in [6, 6.07) is 12.6. The van der Waals surface area contributed by atoms with Crippen LogP contribution in [0.25, 0.3) is 10.9 Å². The van der Waals surface area contributed by atoms with E-state index in [4.69, 9.17) is 4.74 Å². The van der Waals surface area contributed by atoms with E-state index < -0.39 is 12.2 Å². The summed E-state index contributed by atoms with van der Waals surface area (Å²) in [6.07, 6.45) is -2.74. The Bertz CT molecular complexity index is 825. The Kier molecular flexibility index (Phi) is 4.79. The molecule has 0 fully saturated rings. The molecule has 0 atom stereocenters. The summed E-state index contributed by atoms with van der Waals surface area (Å²) in [5, 5.41) is 3.64. The molecule has 24 heavy (non-hydrogen) atoms. The van der Waals surface area contributed by atoms with E-state index in [1.54, 1.807) is 24.3 Å². The van der Waals surface area contributed by atoms with Crippen molar-refractivity contribution in [1.29, 1.82) is 0 Å². The Hall–Kier alpha value is -2.83. The van der Waals surface area contributed by atoms with Gasteiger partial charge in [0.05, 0.1) is 12.1 Å². The summed E-state index contributed by atoms with van der Waals surface area (Å²) in [5.41, 5.74) is 0.449. The van der Waals surface area contributed by atoms with Crippen LogP contribution >= 0.6 is 0 Å². The number of nitrogens with zero attached hydrogens (tertiary/aromatic N) is 2. The Labute approximate surface area is 136 Å². The fraction of sp³-hybridized carbons (Fsp3) is 0.176. The topological polar surface area (TPSA) is 47.0 Å². The number of halogens is 3. The number of fused-ring (bicyclic) bond motifs is 1. The molecular formula is C17H14F3N3O. The van der Waals surface area contributed by atoms with Gasteiger partial charge in [0.25, 0.3) is 6.43 Å². The second-order valence-corrected chi connectivity index (χ2v) is 4.98. The number of aromatic nitrogens is 2. The molecule has 1 heterocycles. The molecule has 1 aromatic heterocycles. The van der Waals surface area contributed by atoms with Crippen LogP contribution in [0.5, 0.6) is 5.75 Å². The van der Waals surface area contributed by atoms with Crippen molar-refractivity contribution in [3.63, 3.8) is 0 Å². The molecule has 0 amide bonds. The van der Waals surface area contributed by atoms with Crippen LogP contribution in [0, 0.1) is 5.82 Å². The smallest absolute Gasteiger partial charge is 0.297 e. The third-order valence-electron chi connectivity index (χ3n) is 3.29. The predicted octanol–water partition coefficient (Wildman–Crippen LogP) is 4.20. The van der Waals surface area contributed by atoms with Gasteiger partial charge in [-0.15, -0.1) is 0 Å². The van der Waals surface area contributed by atoms with Crippen LogP contribution in [0.2, 0.25) is 0 Å². The Balaban J connectivity index is 1.69. The number of hydrogen-bond acceptors (Lipinski definition) is 4. The number of para-hydroxylation sites is 1. The van der Waals surface area contributed by atoms with E-state index in [0.717, 1.165) is 0 Å². The van der Waals surface area contributed by atoms with Gasteiger partial charge < -0.3 is 10.1 Å². The zero-order chi connectivity index (χ0) is 16.9. The zero-order valence-electron chi connectivity index (χ0n) is 12.5.